The number of halogens is 2. The number of benzene rings is 1. The topological polar surface area (TPSA) is 51.0 Å². The van der Waals surface area contributed by atoms with Crippen molar-refractivity contribution >= 4 is 35.0 Å². The van der Waals surface area contributed by atoms with Crippen molar-refractivity contribution in [2.45, 2.75) is 12.5 Å². The Morgan fingerprint density at radius 2 is 2.25 bits per heavy atom. The van der Waals surface area contributed by atoms with Crippen molar-refractivity contribution in [3.05, 3.63) is 45.5 Å². The van der Waals surface area contributed by atoms with Crippen LogP contribution in [0.4, 0.5) is 0 Å². The van der Waals surface area contributed by atoms with E-state index in [4.69, 9.17) is 27.7 Å². The first-order valence-electron chi connectivity index (χ1n) is 6.30. The first kappa shape index (κ1) is 14.2. The molecule has 1 aliphatic rings. The molecule has 1 saturated heterocycles. The van der Waals surface area contributed by atoms with Crippen LogP contribution in [0.1, 0.15) is 23.3 Å². The predicted molar refractivity (Wildman–Crippen MR) is 81.6 cm³/mol. The third-order valence-electron chi connectivity index (χ3n) is 3.05. The fourth-order valence-electron chi connectivity index (χ4n) is 2.04. The van der Waals surface area contributed by atoms with E-state index < -0.39 is 0 Å². The van der Waals surface area contributed by atoms with E-state index in [1.807, 2.05) is 23.9 Å². The molecule has 1 aromatic heterocycles. The van der Waals surface area contributed by atoms with Crippen molar-refractivity contribution in [2.24, 2.45) is 0 Å². The fourth-order valence-corrected chi connectivity index (χ4v) is 3.28. The number of hydrogen-bond acceptors (Lipinski definition) is 5. The molecule has 106 valence electrons. The zero-order valence-electron chi connectivity index (χ0n) is 10.6. The van der Waals surface area contributed by atoms with Gasteiger partial charge in [0.1, 0.15) is 0 Å². The van der Waals surface area contributed by atoms with Crippen molar-refractivity contribution in [1.29, 1.82) is 0 Å². The third-order valence-corrected chi connectivity index (χ3v) is 4.85. The van der Waals surface area contributed by atoms with Crippen LogP contribution < -0.4 is 5.32 Å². The van der Waals surface area contributed by atoms with Gasteiger partial charge in [-0.2, -0.15) is 16.7 Å². The summed E-state index contributed by atoms with van der Waals surface area (Å²) in [7, 11) is 0. The van der Waals surface area contributed by atoms with Crippen LogP contribution >= 0.6 is 35.0 Å². The number of thioether (sulfide) groups is 1. The Kier molecular flexibility index (Phi) is 4.51. The van der Waals surface area contributed by atoms with E-state index in [1.165, 1.54) is 0 Å². The summed E-state index contributed by atoms with van der Waals surface area (Å²) in [5, 5.41) is 8.49. The van der Waals surface area contributed by atoms with Crippen molar-refractivity contribution < 1.29 is 4.52 Å². The molecule has 0 bridgehead atoms. The van der Waals surface area contributed by atoms with Gasteiger partial charge in [0.2, 0.25) is 5.89 Å². The molecule has 1 fully saturated rings. The Morgan fingerprint density at radius 1 is 1.35 bits per heavy atom. The Bertz CT molecular complexity index is 599. The second-order valence-electron chi connectivity index (χ2n) is 4.56. The molecule has 4 nitrogen and oxygen atoms in total. The Labute approximate surface area is 131 Å². The second-order valence-corrected chi connectivity index (χ2v) is 6.52. The van der Waals surface area contributed by atoms with Crippen molar-refractivity contribution in [3.8, 4) is 0 Å². The molecule has 0 spiro atoms. The van der Waals surface area contributed by atoms with Gasteiger partial charge < -0.3 is 9.84 Å². The monoisotopic (exact) mass is 329 g/mol. The van der Waals surface area contributed by atoms with Crippen LogP contribution in [0.15, 0.2) is 22.7 Å². The molecule has 20 heavy (non-hydrogen) atoms. The van der Waals surface area contributed by atoms with Gasteiger partial charge in [0, 0.05) is 24.5 Å². The summed E-state index contributed by atoms with van der Waals surface area (Å²) in [6, 6.07) is 5.68. The first-order valence-corrected chi connectivity index (χ1v) is 8.21. The van der Waals surface area contributed by atoms with Crippen LogP contribution in [0.3, 0.4) is 0 Å². The molecule has 0 aliphatic carbocycles. The lowest BCUT2D eigenvalue weighted by Crippen LogP contribution is -2.30. The summed E-state index contributed by atoms with van der Waals surface area (Å²) in [6.07, 6.45) is 0.584. The molecular formula is C13H13Cl2N3OS. The van der Waals surface area contributed by atoms with Crippen LogP contribution in [-0.4, -0.2) is 28.2 Å². The van der Waals surface area contributed by atoms with E-state index in [-0.39, 0.29) is 6.04 Å². The Balaban J connectivity index is 1.71. The summed E-state index contributed by atoms with van der Waals surface area (Å²) in [6.45, 7) is 0.972. The molecule has 2 heterocycles. The summed E-state index contributed by atoms with van der Waals surface area (Å²) in [4.78, 5) is 4.45. The molecule has 1 aromatic carbocycles. The maximum Gasteiger partial charge on any atom is 0.244 e. The number of rotatable bonds is 3. The van der Waals surface area contributed by atoms with Crippen molar-refractivity contribution in [3.63, 3.8) is 0 Å². The van der Waals surface area contributed by atoms with Crippen LogP contribution in [0.2, 0.25) is 10.0 Å². The molecule has 3 rings (SSSR count). The van der Waals surface area contributed by atoms with Gasteiger partial charge in [0.15, 0.2) is 5.82 Å². The maximum absolute atomic E-state index is 6.00. The average molecular weight is 330 g/mol. The average Bonchev–Trinajstić information content (AvgIpc) is 2.92. The van der Waals surface area contributed by atoms with E-state index in [0.717, 1.165) is 23.6 Å². The number of nitrogens with one attached hydrogen (secondary N) is 1. The van der Waals surface area contributed by atoms with Gasteiger partial charge >= 0.3 is 0 Å². The van der Waals surface area contributed by atoms with Gasteiger partial charge in [-0.05, 0) is 17.7 Å². The minimum absolute atomic E-state index is 0.156. The largest absolute Gasteiger partial charge is 0.338 e. The molecule has 1 atom stereocenters. The molecular weight excluding hydrogens is 317 g/mol. The maximum atomic E-state index is 6.00. The highest BCUT2D eigenvalue weighted by Crippen LogP contribution is 2.24. The quantitative estimate of drug-likeness (QED) is 0.935. The first-order chi connectivity index (χ1) is 9.72. The lowest BCUT2D eigenvalue weighted by molar-refractivity contribution is 0.339. The molecule has 1 aliphatic heterocycles. The smallest absolute Gasteiger partial charge is 0.244 e. The lowest BCUT2D eigenvalue weighted by atomic mass is 10.1. The second kappa shape index (κ2) is 6.35. The van der Waals surface area contributed by atoms with E-state index in [0.29, 0.717) is 28.2 Å². The van der Waals surface area contributed by atoms with Crippen molar-refractivity contribution in [2.75, 3.05) is 18.1 Å². The zero-order valence-corrected chi connectivity index (χ0v) is 12.9. The van der Waals surface area contributed by atoms with Crippen molar-refractivity contribution in [1.82, 2.24) is 15.5 Å². The van der Waals surface area contributed by atoms with E-state index in [2.05, 4.69) is 15.5 Å². The molecule has 0 saturated carbocycles. The van der Waals surface area contributed by atoms with Crippen LogP contribution in [0.5, 0.6) is 0 Å². The molecule has 1 N–H and O–H groups in total. The molecule has 7 heteroatoms. The van der Waals surface area contributed by atoms with E-state index in [1.54, 1.807) is 6.07 Å². The van der Waals surface area contributed by atoms with Gasteiger partial charge in [-0.15, -0.1) is 0 Å². The highest BCUT2D eigenvalue weighted by atomic mass is 35.5. The number of aromatic nitrogens is 2. The standard InChI is InChI=1S/C13H13Cl2N3OS/c14-9-2-1-8(5-10(9)15)6-12-17-13(19-18-12)11-7-20-4-3-16-11/h1-2,5,11,16H,3-4,6-7H2. The normalized spacial score (nSPS) is 19.2. The summed E-state index contributed by atoms with van der Waals surface area (Å²) >= 11 is 13.8. The van der Waals surface area contributed by atoms with E-state index >= 15 is 0 Å². The highest BCUT2D eigenvalue weighted by molar-refractivity contribution is 7.99. The lowest BCUT2D eigenvalue weighted by Gasteiger charge is -2.19. The number of hydrogen-bond donors (Lipinski definition) is 1. The van der Waals surface area contributed by atoms with Gasteiger partial charge in [-0.25, -0.2) is 0 Å². The highest BCUT2D eigenvalue weighted by Gasteiger charge is 2.21. The van der Waals surface area contributed by atoms with Crippen LogP contribution in [-0.2, 0) is 6.42 Å². The molecule has 0 amide bonds. The van der Waals surface area contributed by atoms with Gasteiger partial charge in [-0.1, -0.05) is 34.4 Å². The fraction of sp³-hybridized carbons (Fsp3) is 0.385. The zero-order chi connectivity index (χ0) is 13.9. The van der Waals surface area contributed by atoms with Gasteiger partial charge in [0.25, 0.3) is 0 Å². The molecule has 0 radical (unpaired) electrons. The molecule has 2 aromatic rings. The van der Waals surface area contributed by atoms with Gasteiger partial charge in [-0.3, -0.25) is 0 Å². The number of nitrogens with zero attached hydrogens (tertiary/aromatic N) is 2. The summed E-state index contributed by atoms with van der Waals surface area (Å²) in [5.41, 5.74) is 1.01. The predicted octanol–water partition coefficient (Wildman–Crippen LogP) is 3.34. The van der Waals surface area contributed by atoms with Crippen LogP contribution in [0, 0.1) is 0 Å². The minimum Gasteiger partial charge on any atom is -0.338 e. The molecule has 1 unspecified atom stereocenters. The Morgan fingerprint density at radius 3 is 3.00 bits per heavy atom. The van der Waals surface area contributed by atoms with Gasteiger partial charge in [0.05, 0.1) is 16.1 Å². The minimum atomic E-state index is 0.156. The summed E-state index contributed by atoms with van der Waals surface area (Å²) in [5.74, 6) is 3.41. The van der Waals surface area contributed by atoms with Crippen LogP contribution in [0.25, 0.3) is 0 Å². The summed E-state index contributed by atoms with van der Waals surface area (Å²) < 4.78 is 5.33. The Hall–Kier alpha value is -0.750. The SMILES string of the molecule is Clc1ccc(Cc2noc(C3CSCCN3)n2)cc1Cl. The van der Waals surface area contributed by atoms with E-state index in [9.17, 15) is 0 Å². The third kappa shape index (κ3) is 3.28.